The van der Waals surface area contributed by atoms with Gasteiger partial charge >= 0.3 is 0 Å². The highest BCUT2D eigenvalue weighted by Crippen LogP contribution is 2.18. The van der Waals surface area contributed by atoms with E-state index in [0.29, 0.717) is 0 Å². The third kappa shape index (κ3) is 4.66. The maximum atomic E-state index is 4.31. The third-order valence-corrected chi connectivity index (χ3v) is 2.25. The first-order valence-corrected chi connectivity index (χ1v) is 4.94. The quantitative estimate of drug-likeness (QED) is 0.455. The van der Waals surface area contributed by atoms with Crippen LogP contribution >= 0.6 is 0 Å². The Morgan fingerprint density at radius 1 is 1.23 bits per heavy atom. The standard InChI is InChI=1S/C12H21N/c1-6-10(4)9-12(7-2)11(5)13-8-3/h6,8H,7,9H2,1-5H3/b10-6+,12-11+,13-8-. The zero-order valence-corrected chi connectivity index (χ0v) is 9.52. The molecule has 1 heteroatoms. The van der Waals surface area contributed by atoms with E-state index < -0.39 is 0 Å². The van der Waals surface area contributed by atoms with Gasteiger partial charge in [-0.15, -0.1) is 0 Å². The lowest BCUT2D eigenvalue weighted by Crippen LogP contribution is -1.88. The lowest BCUT2D eigenvalue weighted by Gasteiger charge is -2.06. The second-order valence-corrected chi connectivity index (χ2v) is 3.24. The minimum atomic E-state index is 1.07. The molecule has 0 aromatic rings. The van der Waals surface area contributed by atoms with Gasteiger partial charge in [0.1, 0.15) is 0 Å². The van der Waals surface area contributed by atoms with Crippen LogP contribution in [0.15, 0.2) is 27.9 Å². The van der Waals surface area contributed by atoms with Crippen LogP contribution in [-0.4, -0.2) is 6.21 Å². The van der Waals surface area contributed by atoms with Crippen molar-refractivity contribution in [1.82, 2.24) is 0 Å². The summed E-state index contributed by atoms with van der Waals surface area (Å²) in [5.74, 6) is 0. The normalized spacial score (nSPS) is 15.0. The van der Waals surface area contributed by atoms with Gasteiger partial charge in [-0.3, -0.25) is 4.99 Å². The average molecular weight is 179 g/mol. The average Bonchev–Trinajstić information content (AvgIpc) is 2.14. The Balaban J connectivity index is 4.58. The third-order valence-electron chi connectivity index (χ3n) is 2.25. The highest BCUT2D eigenvalue weighted by molar-refractivity contribution is 5.55. The molecule has 0 fully saturated rings. The first kappa shape index (κ1) is 12.2. The van der Waals surface area contributed by atoms with E-state index in [9.17, 15) is 0 Å². The van der Waals surface area contributed by atoms with Gasteiger partial charge in [0.2, 0.25) is 0 Å². The summed E-state index contributed by atoms with van der Waals surface area (Å²) >= 11 is 0. The summed E-state index contributed by atoms with van der Waals surface area (Å²) in [5, 5.41) is 0. The summed E-state index contributed by atoms with van der Waals surface area (Å²) in [6, 6.07) is 0. The van der Waals surface area contributed by atoms with Gasteiger partial charge < -0.3 is 0 Å². The van der Waals surface area contributed by atoms with Crippen molar-refractivity contribution in [3.05, 3.63) is 22.9 Å². The summed E-state index contributed by atoms with van der Waals surface area (Å²) in [6.45, 7) is 10.5. The van der Waals surface area contributed by atoms with Crippen molar-refractivity contribution in [2.75, 3.05) is 0 Å². The molecule has 0 aliphatic rings. The largest absolute Gasteiger partial charge is 0.266 e. The zero-order chi connectivity index (χ0) is 10.3. The Bertz CT molecular complexity index is 232. The van der Waals surface area contributed by atoms with Gasteiger partial charge in [-0.1, -0.05) is 18.6 Å². The van der Waals surface area contributed by atoms with Crippen molar-refractivity contribution >= 4 is 6.21 Å². The monoisotopic (exact) mass is 179 g/mol. The van der Waals surface area contributed by atoms with Crippen LogP contribution in [0.4, 0.5) is 0 Å². The van der Waals surface area contributed by atoms with Crippen molar-refractivity contribution in [3.63, 3.8) is 0 Å². The first-order valence-electron chi connectivity index (χ1n) is 4.94. The van der Waals surface area contributed by atoms with Crippen LogP contribution in [0.2, 0.25) is 0 Å². The smallest absolute Gasteiger partial charge is 0.0363 e. The lowest BCUT2D eigenvalue weighted by molar-refractivity contribution is 0.948. The van der Waals surface area contributed by atoms with Gasteiger partial charge in [0.05, 0.1) is 0 Å². The molecule has 0 aliphatic heterocycles. The van der Waals surface area contributed by atoms with E-state index in [1.165, 1.54) is 16.8 Å². The summed E-state index contributed by atoms with van der Waals surface area (Å²) < 4.78 is 0. The molecule has 0 radical (unpaired) electrons. The van der Waals surface area contributed by atoms with Gasteiger partial charge in [-0.05, 0) is 46.1 Å². The Kier molecular flexibility index (Phi) is 6.21. The van der Waals surface area contributed by atoms with E-state index in [4.69, 9.17) is 0 Å². The van der Waals surface area contributed by atoms with E-state index in [2.05, 4.69) is 38.8 Å². The van der Waals surface area contributed by atoms with E-state index in [0.717, 1.165) is 12.8 Å². The fraction of sp³-hybridized carbons (Fsp3) is 0.583. The van der Waals surface area contributed by atoms with Crippen LogP contribution in [0.5, 0.6) is 0 Å². The summed E-state index contributed by atoms with van der Waals surface area (Å²) in [5.41, 5.74) is 4.03. The molecule has 0 spiro atoms. The molecule has 0 aliphatic carbocycles. The molecule has 0 atom stereocenters. The maximum Gasteiger partial charge on any atom is 0.0363 e. The molecule has 0 heterocycles. The van der Waals surface area contributed by atoms with Crippen molar-refractivity contribution in [2.45, 2.75) is 47.5 Å². The van der Waals surface area contributed by atoms with Gasteiger partial charge in [-0.2, -0.15) is 0 Å². The minimum Gasteiger partial charge on any atom is -0.266 e. The molecule has 0 N–H and O–H groups in total. The minimum absolute atomic E-state index is 1.07. The van der Waals surface area contributed by atoms with Crippen LogP contribution in [0.1, 0.15) is 47.5 Å². The van der Waals surface area contributed by atoms with Crippen molar-refractivity contribution in [1.29, 1.82) is 0 Å². The fourth-order valence-corrected chi connectivity index (χ4v) is 1.23. The molecule has 0 aromatic heterocycles. The van der Waals surface area contributed by atoms with Gasteiger partial charge in [0, 0.05) is 11.9 Å². The van der Waals surface area contributed by atoms with E-state index in [1.54, 1.807) is 0 Å². The Hall–Kier alpha value is -0.850. The van der Waals surface area contributed by atoms with Gasteiger partial charge in [-0.25, -0.2) is 0 Å². The summed E-state index contributed by atoms with van der Waals surface area (Å²) in [4.78, 5) is 4.31. The van der Waals surface area contributed by atoms with E-state index >= 15 is 0 Å². The number of hydrogen-bond acceptors (Lipinski definition) is 1. The Morgan fingerprint density at radius 3 is 2.23 bits per heavy atom. The van der Waals surface area contributed by atoms with Crippen molar-refractivity contribution in [3.8, 4) is 0 Å². The molecular formula is C12H21N. The van der Waals surface area contributed by atoms with Crippen LogP contribution < -0.4 is 0 Å². The molecule has 0 saturated heterocycles. The SMILES string of the molecule is C/C=N\C(C)=C(/CC)C/C(C)=C/C. The molecule has 74 valence electrons. The Labute approximate surface area is 82.3 Å². The predicted molar refractivity (Wildman–Crippen MR) is 61.2 cm³/mol. The van der Waals surface area contributed by atoms with Gasteiger partial charge in [0.25, 0.3) is 0 Å². The fourth-order valence-electron chi connectivity index (χ4n) is 1.23. The van der Waals surface area contributed by atoms with Crippen molar-refractivity contribution in [2.24, 2.45) is 4.99 Å². The van der Waals surface area contributed by atoms with Crippen LogP contribution in [0, 0.1) is 0 Å². The first-order chi connectivity index (χ1) is 6.15. The predicted octanol–water partition coefficient (Wildman–Crippen LogP) is 4.12. The molecular weight excluding hydrogens is 158 g/mol. The number of allylic oxidation sites excluding steroid dienone is 4. The van der Waals surface area contributed by atoms with Crippen LogP contribution in [0.3, 0.4) is 0 Å². The second-order valence-electron chi connectivity index (χ2n) is 3.24. The molecule has 1 nitrogen and oxygen atoms in total. The summed E-state index contributed by atoms with van der Waals surface area (Å²) in [6.07, 6.45) is 6.18. The topological polar surface area (TPSA) is 12.4 Å². The van der Waals surface area contributed by atoms with Crippen molar-refractivity contribution < 1.29 is 0 Å². The highest BCUT2D eigenvalue weighted by Gasteiger charge is 1.99. The lowest BCUT2D eigenvalue weighted by atomic mass is 10.0. The molecule has 13 heavy (non-hydrogen) atoms. The van der Waals surface area contributed by atoms with E-state index in [1.807, 2.05) is 13.1 Å². The molecule has 0 amide bonds. The molecule has 0 bridgehead atoms. The zero-order valence-electron chi connectivity index (χ0n) is 9.52. The molecule has 0 rings (SSSR count). The maximum absolute atomic E-state index is 4.31. The molecule has 0 unspecified atom stereocenters. The Morgan fingerprint density at radius 2 is 1.85 bits per heavy atom. The second kappa shape index (κ2) is 6.64. The number of aliphatic imine (C=N–C) groups is 1. The van der Waals surface area contributed by atoms with Crippen LogP contribution in [0.25, 0.3) is 0 Å². The van der Waals surface area contributed by atoms with E-state index in [-0.39, 0.29) is 0 Å². The van der Waals surface area contributed by atoms with Gasteiger partial charge in [0.15, 0.2) is 0 Å². The molecule has 0 saturated carbocycles. The van der Waals surface area contributed by atoms with Crippen LogP contribution in [-0.2, 0) is 0 Å². The number of nitrogens with zero attached hydrogens (tertiary/aromatic N) is 1. The highest BCUT2D eigenvalue weighted by atomic mass is 14.7. The molecule has 0 aromatic carbocycles. The number of hydrogen-bond donors (Lipinski definition) is 0. The number of rotatable bonds is 4. The summed E-state index contributed by atoms with van der Waals surface area (Å²) in [7, 11) is 0.